The summed E-state index contributed by atoms with van der Waals surface area (Å²) in [5, 5.41) is 0. The maximum Gasteiger partial charge on any atom is 0.310 e. The van der Waals surface area contributed by atoms with Crippen molar-refractivity contribution in [2.45, 2.75) is 335 Å². The van der Waals surface area contributed by atoms with E-state index in [1.54, 1.807) is 6.08 Å². The molecule has 0 aromatic heterocycles. The first-order valence-electron chi connectivity index (χ1n) is 34.4. The molecule has 0 aromatic carbocycles. The molecule has 464 valence electrons. The highest BCUT2D eigenvalue weighted by atomic mass is 16.6. The van der Waals surface area contributed by atoms with Gasteiger partial charge in [-0.3, -0.25) is 14.4 Å². The molecule has 0 rings (SSSR count). The largest absolute Gasteiger partial charge is 0.462 e. The van der Waals surface area contributed by atoms with Crippen LogP contribution in [-0.2, 0) is 28.6 Å². The van der Waals surface area contributed by atoms with Crippen molar-refractivity contribution in [3.8, 4) is 0 Å². The lowest BCUT2D eigenvalue weighted by molar-refractivity contribution is -0.166. The van der Waals surface area contributed by atoms with E-state index in [2.05, 4.69) is 118 Å². The van der Waals surface area contributed by atoms with Crippen molar-refractivity contribution in [3.05, 3.63) is 109 Å². The van der Waals surface area contributed by atoms with Crippen LogP contribution in [0.3, 0.4) is 0 Å². The smallest absolute Gasteiger partial charge is 0.310 e. The normalized spacial score (nSPS) is 12.8. The Balaban J connectivity index is 4.14. The first-order valence-corrected chi connectivity index (χ1v) is 34.4. The molecular formula is C75H128O6. The molecule has 0 radical (unpaired) electrons. The lowest BCUT2D eigenvalue weighted by atomic mass is 10.0. The second-order valence-electron chi connectivity index (χ2n) is 22.7. The van der Waals surface area contributed by atoms with Gasteiger partial charge in [0.2, 0.25) is 0 Å². The second kappa shape index (κ2) is 68.6. The average Bonchev–Trinajstić information content (AvgIpc) is 3.46. The number of carbonyl (C=O) groups is 3. The first-order chi connectivity index (χ1) is 40.0. The highest BCUT2D eigenvalue weighted by Crippen LogP contribution is 2.17. The van der Waals surface area contributed by atoms with E-state index in [1.807, 2.05) is 6.08 Å². The number of hydrogen-bond acceptors (Lipinski definition) is 6. The fraction of sp³-hybridized carbons (Fsp3) is 0.720. The minimum absolute atomic E-state index is 0.0891. The van der Waals surface area contributed by atoms with Crippen molar-refractivity contribution in [2.75, 3.05) is 13.2 Å². The molecule has 0 saturated carbocycles. The summed E-state index contributed by atoms with van der Waals surface area (Å²) in [6.07, 6.45) is 94.7. The van der Waals surface area contributed by atoms with Crippen LogP contribution in [0, 0.1) is 0 Å². The van der Waals surface area contributed by atoms with E-state index in [1.165, 1.54) is 193 Å². The molecule has 81 heavy (non-hydrogen) atoms. The maximum absolute atomic E-state index is 12.8. The third-order valence-corrected chi connectivity index (χ3v) is 14.8. The van der Waals surface area contributed by atoms with E-state index in [-0.39, 0.29) is 31.6 Å². The topological polar surface area (TPSA) is 78.9 Å². The van der Waals surface area contributed by atoms with Gasteiger partial charge in [0.1, 0.15) is 13.2 Å². The molecule has 0 heterocycles. The lowest BCUT2D eigenvalue weighted by Crippen LogP contribution is -2.30. The van der Waals surface area contributed by atoms with Crippen LogP contribution < -0.4 is 0 Å². The van der Waals surface area contributed by atoms with E-state index in [0.717, 1.165) is 89.9 Å². The van der Waals surface area contributed by atoms with Gasteiger partial charge in [-0.25, -0.2) is 0 Å². The third-order valence-electron chi connectivity index (χ3n) is 14.8. The number of esters is 3. The first kappa shape index (κ1) is 77.1. The van der Waals surface area contributed by atoms with Gasteiger partial charge in [-0.2, -0.15) is 0 Å². The van der Waals surface area contributed by atoms with Crippen molar-refractivity contribution < 1.29 is 28.6 Å². The predicted molar refractivity (Wildman–Crippen MR) is 353 cm³/mol. The Kier molecular flexibility index (Phi) is 65.2. The summed E-state index contributed by atoms with van der Waals surface area (Å²) in [7, 11) is 0. The van der Waals surface area contributed by atoms with Crippen LogP contribution in [0.2, 0.25) is 0 Å². The Hall–Kier alpha value is -3.93. The molecule has 0 spiro atoms. The molecule has 0 bridgehead atoms. The summed E-state index contributed by atoms with van der Waals surface area (Å²) < 4.78 is 16.8. The van der Waals surface area contributed by atoms with Gasteiger partial charge < -0.3 is 14.2 Å². The highest BCUT2D eigenvalue weighted by Gasteiger charge is 2.19. The van der Waals surface area contributed by atoms with Gasteiger partial charge in [0.15, 0.2) is 6.10 Å². The van der Waals surface area contributed by atoms with Crippen LogP contribution in [0.25, 0.3) is 0 Å². The second-order valence-corrected chi connectivity index (χ2v) is 22.7. The number of rotatable bonds is 62. The number of unbranched alkanes of at least 4 members (excludes halogenated alkanes) is 34. The summed E-state index contributed by atoms with van der Waals surface area (Å²) in [5.41, 5.74) is 0. The standard InChI is InChI=1S/C75H128O6/c1-4-7-10-13-16-19-22-25-27-28-29-30-31-32-33-34-35-36-37-38-39-40-41-42-43-44-45-46-48-50-53-56-59-62-65-68-74(77)80-71-72(70-79-73(76)67-64-61-58-55-52-49-24-21-18-15-12-9-6-3)81-75(78)69-66-63-60-57-54-51-47-26-23-20-17-14-11-8-5-2/h8-9,11-12,17-18,20-21,26,28-29,47,49,52,54,57,63,66,72H,4-7,10,13-16,19,22-25,27,30-46,48,50-51,53,55-56,58-62,64-65,67-71H2,1-3H3/b11-8-,12-9-,20-17-,21-18-,29-28-,47-26-,52-49-,57-54-,66-63-. The molecule has 0 aliphatic carbocycles. The summed E-state index contributed by atoms with van der Waals surface area (Å²) in [4.78, 5) is 38.2. The summed E-state index contributed by atoms with van der Waals surface area (Å²) in [6.45, 7) is 6.32. The molecule has 0 aromatic rings. The van der Waals surface area contributed by atoms with E-state index in [4.69, 9.17) is 14.2 Å². The highest BCUT2D eigenvalue weighted by molar-refractivity contribution is 5.72. The van der Waals surface area contributed by atoms with Crippen LogP contribution >= 0.6 is 0 Å². The number of hydrogen-bond donors (Lipinski definition) is 0. The van der Waals surface area contributed by atoms with E-state index >= 15 is 0 Å². The molecular weight excluding hydrogens is 997 g/mol. The molecule has 0 fully saturated rings. The van der Waals surface area contributed by atoms with Crippen molar-refractivity contribution in [1.29, 1.82) is 0 Å². The van der Waals surface area contributed by atoms with Gasteiger partial charge in [0.05, 0.1) is 6.42 Å². The molecule has 1 unspecified atom stereocenters. The Morgan fingerprint density at radius 2 is 0.519 bits per heavy atom. The molecule has 0 aliphatic heterocycles. The molecule has 0 amide bonds. The van der Waals surface area contributed by atoms with Crippen LogP contribution in [0.5, 0.6) is 0 Å². The fourth-order valence-electron chi connectivity index (χ4n) is 9.71. The number of ether oxygens (including phenoxy) is 3. The predicted octanol–water partition coefficient (Wildman–Crippen LogP) is 23.8. The van der Waals surface area contributed by atoms with Crippen LogP contribution in [-0.4, -0.2) is 37.2 Å². The van der Waals surface area contributed by atoms with Crippen molar-refractivity contribution in [3.63, 3.8) is 0 Å². The molecule has 0 N–H and O–H groups in total. The van der Waals surface area contributed by atoms with Gasteiger partial charge >= 0.3 is 17.9 Å². The zero-order valence-electron chi connectivity index (χ0n) is 53.3. The van der Waals surface area contributed by atoms with E-state index < -0.39 is 12.1 Å². The molecule has 6 nitrogen and oxygen atoms in total. The Morgan fingerprint density at radius 1 is 0.272 bits per heavy atom. The number of carbonyl (C=O) groups excluding carboxylic acids is 3. The van der Waals surface area contributed by atoms with Gasteiger partial charge in [-0.15, -0.1) is 0 Å². The minimum atomic E-state index is -0.846. The van der Waals surface area contributed by atoms with Crippen LogP contribution in [0.1, 0.15) is 329 Å². The Bertz CT molecular complexity index is 1620. The van der Waals surface area contributed by atoms with Gasteiger partial charge in [-0.05, 0) is 103 Å². The van der Waals surface area contributed by atoms with Gasteiger partial charge in [0.25, 0.3) is 0 Å². The average molecular weight is 1130 g/mol. The Morgan fingerprint density at radius 3 is 0.840 bits per heavy atom. The number of allylic oxidation sites excluding steroid dienone is 17. The monoisotopic (exact) mass is 1120 g/mol. The minimum Gasteiger partial charge on any atom is -0.462 e. The molecule has 6 heteroatoms. The van der Waals surface area contributed by atoms with Crippen molar-refractivity contribution in [1.82, 2.24) is 0 Å². The zero-order valence-corrected chi connectivity index (χ0v) is 53.3. The van der Waals surface area contributed by atoms with E-state index in [0.29, 0.717) is 19.3 Å². The summed E-state index contributed by atoms with van der Waals surface area (Å²) >= 11 is 0. The molecule has 1 atom stereocenters. The van der Waals surface area contributed by atoms with Crippen molar-refractivity contribution >= 4 is 17.9 Å². The van der Waals surface area contributed by atoms with Gasteiger partial charge in [-0.1, -0.05) is 316 Å². The SMILES string of the molecule is CC/C=C\C/C=C\C/C=C\C/C=C\C/C=C\CC(=O)OC(COC(=O)CCCCC/C=C\C/C=C\C/C=C\CC)COC(=O)CCCCCCCCCCCCCCCCCCCCCCCCC/C=C\CCCCCCCCCC. The fourth-order valence-corrected chi connectivity index (χ4v) is 9.71. The van der Waals surface area contributed by atoms with Crippen LogP contribution in [0.15, 0.2) is 109 Å². The third kappa shape index (κ3) is 66.8. The van der Waals surface area contributed by atoms with Crippen LogP contribution in [0.4, 0.5) is 0 Å². The van der Waals surface area contributed by atoms with Crippen molar-refractivity contribution in [2.24, 2.45) is 0 Å². The summed E-state index contributed by atoms with van der Waals surface area (Å²) in [6, 6.07) is 0. The lowest BCUT2D eigenvalue weighted by Gasteiger charge is -2.18. The maximum atomic E-state index is 12.8. The molecule has 0 aliphatic rings. The molecule has 0 saturated heterocycles. The summed E-state index contributed by atoms with van der Waals surface area (Å²) in [5.74, 6) is -1.08. The van der Waals surface area contributed by atoms with Gasteiger partial charge in [0, 0.05) is 12.8 Å². The van der Waals surface area contributed by atoms with E-state index in [9.17, 15) is 14.4 Å². The zero-order chi connectivity index (χ0) is 58.5. The quantitative estimate of drug-likeness (QED) is 0.0261. The Labute approximate surface area is 501 Å².